The predicted molar refractivity (Wildman–Crippen MR) is 73.2 cm³/mol. The minimum absolute atomic E-state index is 0.208. The zero-order chi connectivity index (χ0) is 13.1. The van der Waals surface area contributed by atoms with Gasteiger partial charge >= 0.3 is 0 Å². The average molecular weight is 252 g/mol. The molecule has 0 bridgehead atoms. The fourth-order valence-electron chi connectivity index (χ4n) is 2.05. The van der Waals surface area contributed by atoms with Crippen LogP contribution >= 0.6 is 0 Å². The smallest absolute Gasteiger partial charge is 0.123 e. The molecule has 3 rings (SSSR count). The molecule has 0 spiro atoms. The summed E-state index contributed by atoms with van der Waals surface area (Å²) in [7, 11) is 0. The van der Waals surface area contributed by atoms with E-state index in [1.165, 1.54) is 6.07 Å². The van der Waals surface area contributed by atoms with Crippen molar-refractivity contribution in [2.45, 2.75) is 6.54 Å². The van der Waals surface area contributed by atoms with Crippen LogP contribution in [-0.4, -0.2) is 9.55 Å². The summed E-state index contributed by atoms with van der Waals surface area (Å²) in [4.78, 5) is 4.37. The lowest BCUT2D eigenvalue weighted by atomic mass is 10.2. The van der Waals surface area contributed by atoms with Gasteiger partial charge in [0.1, 0.15) is 5.82 Å². The summed E-state index contributed by atoms with van der Waals surface area (Å²) < 4.78 is 15.1. The summed E-state index contributed by atoms with van der Waals surface area (Å²) >= 11 is 0. The molecule has 0 N–H and O–H groups in total. The molecule has 0 aliphatic carbocycles. The number of imidazole rings is 1. The van der Waals surface area contributed by atoms with Gasteiger partial charge in [-0.25, -0.2) is 9.37 Å². The van der Waals surface area contributed by atoms with Crippen molar-refractivity contribution in [3.05, 3.63) is 78.5 Å². The van der Waals surface area contributed by atoms with Crippen LogP contribution in [0, 0.1) is 5.82 Å². The third-order valence-corrected chi connectivity index (χ3v) is 2.96. The van der Waals surface area contributed by atoms with Crippen LogP contribution in [0.3, 0.4) is 0 Å². The van der Waals surface area contributed by atoms with Crippen LogP contribution in [0.1, 0.15) is 5.56 Å². The van der Waals surface area contributed by atoms with Crippen LogP contribution in [0.4, 0.5) is 4.39 Å². The molecule has 0 atom stereocenters. The summed E-state index contributed by atoms with van der Waals surface area (Å²) in [6.07, 6.45) is 3.74. The molecule has 2 nitrogen and oxygen atoms in total. The van der Waals surface area contributed by atoms with Crippen LogP contribution in [0.2, 0.25) is 0 Å². The van der Waals surface area contributed by atoms with E-state index < -0.39 is 0 Å². The molecule has 0 radical (unpaired) electrons. The fourth-order valence-corrected chi connectivity index (χ4v) is 2.05. The third-order valence-electron chi connectivity index (χ3n) is 2.96. The number of hydrogen-bond acceptors (Lipinski definition) is 1. The molecule has 2 aromatic carbocycles. The summed E-state index contributed by atoms with van der Waals surface area (Å²) in [5.74, 6) is -0.208. The van der Waals surface area contributed by atoms with Gasteiger partial charge in [-0.3, -0.25) is 0 Å². The Morgan fingerprint density at radius 3 is 2.63 bits per heavy atom. The molecule has 0 amide bonds. The van der Waals surface area contributed by atoms with Crippen molar-refractivity contribution < 1.29 is 4.39 Å². The van der Waals surface area contributed by atoms with Crippen molar-refractivity contribution in [3.8, 4) is 11.3 Å². The number of rotatable bonds is 3. The standard InChI is InChI=1S/C16H13FN2/c17-15-8-4-5-13(9-15)10-19-11-16(18-12-19)14-6-2-1-3-7-14/h1-9,11-12H,10H2. The van der Waals surface area contributed by atoms with E-state index in [9.17, 15) is 4.39 Å². The lowest BCUT2D eigenvalue weighted by Gasteiger charge is -2.02. The Morgan fingerprint density at radius 1 is 1.00 bits per heavy atom. The number of benzene rings is 2. The predicted octanol–water partition coefficient (Wildman–Crippen LogP) is 3.74. The average Bonchev–Trinajstić information content (AvgIpc) is 2.88. The molecule has 0 saturated carbocycles. The Bertz CT molecular complexity index is 674. The van der Waals surface area contributed by atoms with Crippen LogP contribution in [0.5, 0.6) is 0 Å². The van der Waals surface area contributed by atoms with Gasteiger partial charge in [-0.15, -0.1) is 0 Å². The van der Waals surface area contributed by atoms with E-state index >= 15 is 0 Å². The summed E-state index contributed by atoms with van der Waals surface area (Å²) in [6.45, 7) is 0.623. The van der Waals surface area contributed by atoms with Crippen molar-refractivity contribution in [2.75, 3.05) is 0 Å². The Balaban J connectivity index is 1.82. The summed E-state index contributed by atoms with van der Waals surface area (Å²) in [5, 5.41) is 0. The second kappa shape index (κ2) is 5.06. The molecule has 94 valence electrons. The molecule has 1 heterocycles. The first kappa shape index (κ1) is 11.7. The lowest BCUT2D eigenvalue weighted by Crippen LogP contribution is -1.96. The molecule has 19 heavy (non-hydrogen) atoms. The number of aromatic nitrogens is 2. The molecule has 0 saturated heterocycles. The van der Waals surface area contributed by atoms with E-state index in [0.717, 1.165) is 16.8 Å². The minimum atomic E-state index is -0.208. The third kappa shape index (κ3) is 2.71. The van der Waals surface area contributed by atoms with Crippen LogP contribution in [0.15, 0.2) is 67.1 Å². The summed E-state index contributed by atoms with van der Waals surface area (Å²) in [5.41, 5.74) is 2.94. The van der Waals surface area contributed by atoms with Gasteiger partial charge in [-0.2, -0.15) is 0 Å². The molecular formula is C16H13FN2. The van der Waals surface area contributed by atoms with Crippen molar-refractivity contribution in [3.63, 3.8) is 0 Å². The van der Waals surface area contributed by atoms with Gasteiger partial charge in [0.15, 0.2) is 0 Å². The van der Waals surface area contributed by atoms with Crippen molar-refractivity contribution in [2.24, 2.45) is 0 Å². The van der Waals surface area contributed by atoms with Gasteiger partial charge in [0.05, 0.1) is 12.0 Å². The molecule has 0 aliphatic heterocycles. The van der Waals surface area contributed by atoms with Crippen molar-refractivity contribution in [1.82, 2.24) is 9.55 Å². The maximum Gasteiger partial charge on any atom is 0.123 e. The minimum Gasteiger partial charge on any atom is -0.332 e. The Labute approximate surface area is 111 Å². The lowest BCUT2D eigenvalue weighted by molar-refractivity contribution is 0.623. The maximum absolute atomic E-state index is 13.1. The van der Waals surface area contributed by atoms with Gasteiger partial charge in [0.2, 0.25) is 0 Å². The largest absolute Gasteiger partial charge is 0.332 e. The van der Waals surface area contributed by atoms with Gasteiger partial charge < -0.3 is 4.57 Å². The monoisotopic (exact) mass is 252 g/mol. The van der Waals surface area contributed by atoms with E-state index in [2.05, 4.69) is 4.98 Å². The molecular weight excluding hydrogens is 239 g/mol. The quantitative estimate of drug-likeness (QED) is 0.694. The van der Waals surface area contributed by atoms with Gasteiger partial charge in [-0.05, 0) is 17.7 Å². The number of nitrogens with zero attached hydrogens (tertiary/aromatic N) is 2. The molecule has 0 unspecified atom stereocenters. The zero-order valence-corrected chi connectivity index (χ0v) is 10.3. The highest BCUT2D eigenvalue weighted by Crippen LogP contribution is 2.16. The SMILES string of the molecule is Fc1cccc(Cn2cnc(-c3ccccc3)c2)c1. The molecule has 1 aromatic heterocycles. The fraction of sp³-hybridized carbons (Fsp3) is 0.0625. The Hall–Kier alpha value is -2.42. The Morgan fingerprint density at radius 2 is 1.84 bits per heavy atom. The van der Waals surface area contributed by atoms with Crippen LogP contribution in [0.25, 0.3) is 11.3 Å². The number of hydrogen-bond donors (Lipinski definition) is 0. The topological polar surface area (TPSA) is 17.8 Å². The normalized spacial score (nSPS) is 10.6. The van der Waals surface area contributed by atoms with E-state index in [0.29, 0.717) is 6.54 Å². The first-order chi connectivity index (χ1) is 9.31. The zero-order valence-electron chi connectivity index (χ0n) is 10.3. The molecule has 3 aromatic rings. The van der Waals surface area contributed by atoms with Gasteiger partial charge in [-0.1, -0.05) is 42.5 Å². The highest BCUT2D eigenvalue weighted by molar-refractivity contribution is 5.57. The second-order valence-corrected chi connectivity index (χ2v) is 4.43. The van der Waals surface area contributed by atoms with Crippen LogP contribution in [-0.2, 0) is 6.54 Å². The molecule has 3 heteroatoms. The van der Waals surface area contributed by atoms with Crippen molar-refractivity contribution >= 4 is 0 Å². The number of halogens is 1. The van der Waals surface area contributed by atoms with Crippen LogP contribution < -0.4 is 0 Å². The highest BCUT2D eigenvalue weighted by Gasteiger charge is 2.02. The van der Waals surface area contributed by atoms with Gasteiger partial charge in [0.25, 0.3) is 0 Å². The van der Waals surface area contributed by atoms with Crippen molar-refractivity contribution in [1.29, 1.82) is 0 Å². The first-order valence-electron chi connectivity index (χ1n) is 6.13. The summed E-state index contributed by atoms with van der Waals surface area (Å²) in [6, 6.07) is 16.6. The maximum atomic E-state index is 13.1. The first-order valence-corrected chi connectivity index (χ1v) is 6.13. The molecule has 0 fully saturated rings. The van der Waals surface area contributed by atoms with Gasteiger partial charge in [0, 0.05) is 18.3 Å². The highest BCUT2D eigenvalue weighted by atomic mass is 19.1. The Kier molecular flexibility index (Phi) is 3.11. The van der Waals surface area contributed by atoms with E-state index in [4.69, 9.17) is 0 Å². The van der Waals surface area contributed by atoms with E-state index in [1.54, 1.807) is 18.5 Å². The van der Waals surface area contributed by atoms with E-state index in [1.807, 2.05) is 47.2 Å². The molecule has 0 aliphatic rings. The second-order valence-electron chi connectivity index (χ2n) is 4.43. The van der Waals surface area contributed by atoms with E-state index in [-0.39, 0.29) is 5.82 Å².